The molecule has 0 bridgehead atoms. The average Bonchev–Trinajstić information content (AvgIpc) is 2.20. The summed E-state index contributed by atoms with van der Waals surface area (Å²) in [6.45, 7) is 4.55. The first-order valence-electron chi connectivity index (χ1n) is 5.67. The van der Waals surface area contributed by atoms with E-state index in [9.17, 15) is 0 Å². The van der Waals surface area contributed by atoms with Crippen LogP contribution in [0.15, 0.2) is 0 Å². The highest BCUT2D eigenvalue weighted by molar-refractivity contribution is 8.03. The minimum absolute atomic E-state index is 0. The van der Waals surface area contributed by atoms with E-state index in [0.29, 0.717) is 0 Å². The molecule has 0 N–H and O–H groups in total. The third-order valence-electron chi connectivity index (χ3n) is 2.21. The number of thiol groups is 1. The van der Waals surface area contributed by atoms with Crippen LogP contribution in [0, 0.1) is 0 Å². The van der Waals surface area contributed by atoms with Gasteiger partial charge >= 0.3 is 0 Å². The standard InChI is InChI=1S/C11H24.BHS.12H2/c1-3-5-7-9-11-10-8-6-4-2;1-2;;;;;;;;;;;;/h3-11H2,1-2H3;2H;12*1H. The van der Waals surface area contributed by atoms with Crippen molar-refractivity contribution < 1.29 is 17.1 Å². The molecule has 0 rings (SSSR count). The maximum atomic E-state index is 4.19. The molecule has 13 heavy (non-hydrogen) atoms. The Bertz CT molecular complexity index is 84.1. The monoisotopic (exact) mass is 224 g/mol. The van der Waals surface area contributed by atoms with Gasteiger partial charge in [0.05, 0.1) is 0 Å². The molecule has 102 valence electrons. The van der Waals surface area contributed by atoms with E-state index < -0.39 is 0 Å². The summed E-state index contributed by atoms with van der Waals surface area (Å²) in [7, 11) is 4.19. The number of unbranched alkanes of at least 4 members (excludes halogenated alkanes) is 8. The summed E-state index contributed by atoms with van der Waals surface area (Å²) < 4.78 is 0. The van der Waals surface area contributed by atoms with Crippen molar-refractivity contribution in [3.8, 4) is 0 Å². The van der Waals surface area contributed by atoms with Crippen LogP contribution in [0.25, 0.3) is 0 Å². The maximum absolute atomic E-state index is 4.19. The van der Waals surface area contributed by atoms with Gasteiger partial charge in [-0.2, -0.15) is 0 Å². The lowest BCUT2D eigenvalue weighted by Gasteiger charge is -1.98. The fraction of sp³-hybridized carbons (Fsp3) is 1.00. The fourth-order valence-electron chi connectivity index (χ4n) is 1.38. The molecule has 0 aliphatic heterocycles. The van der Waals surface area contributed by atoms with E-state index in [2.05, 4.69) is 33.5 Å². The molecule has 0 aliphatic rings. The lowest BCUT2D eigenvalue weighted by Crippen LogP contribution is -1.79. The van der Waals surface area contributed by atoms with Gasteiger partial charge in [0.25, 0.3) is 0 Å². The second-order valence-electron chi connectivity index (χ2n) is 3.47. The summed E-state index contributed by atoms with van der Waals surface area (Å²) in [5.41, 5.74) is 0. The summed E-state index contributed by atoms with van der Waals surface area (Å²) in [4.78, 5) is 0. The highest BCUT2D eigenvalue weighted by atomic mass is 32.1. The molecule has 0 fully saturated rings. The van der Waals surface area contributed by atoms with Crippen molar-refractivity contribution in [1.82, 2.24) is 0 Å². The van der Waals surface area contributed by atoms with Crippen LogP contribution in [-0.4, -0.2) is 7.12 Å². The van der Waals surface area contributed by atoms with E-state index in [1.54, 1.807) is 0 Å². The smallest absolute Gasteiger partial charge is 0.156 e. The number of hydrogen-bond donors (Lipinski definition) is 1. The Balaban J connectivity index is -0.00000000695. The molecule has 0 amide bonds. The number of hydrogen-bond acceptors (Lipinski definition) is 1. The first kappa shape index (κ1) is 15.9. The Morgan fingerprint density at radius 2 is 0.923 bits per heavy atom. The van der Waals surface area contributed by atoms with Gasteiger partial charge in [-0.15, -0.1) is 0 Å². The zero-order valence-corrected chi connectivity index (χ0v) is 10.3. The topological polar surface area (TPSA) is 0 Å². The normalized spacial score (nSPS) is 9.15. The van der Waals surface area contributed by atoms with Crippen LogP contribution < -0.4 is 0 Å². The summed E-state index contributed by atoms with van der Waals surface area (Å²) in [5.74, 6) is 0. The van der Waals surface area contributed by atoms with Crippen LogP contribution in [-0.2, 0) is 0 Å². The molecule has 0 aliphatic carbocycles. The molecule has 0 aromatic heterocycles. The molecular formula is C11H49BS. The summed E-state index contributed by atoms with van der Waals surface area (Å²) in [6, 6.07) is 0. The highest BCUT2D eigenvalue weighted by Gasteiger charge is 1.88. The minimum atomic E-state index is 0. The third-order valence-corrected chi connectivity index (χ3v) is 2.21. The van der Waals surface area contributed by atoms with Crippen molar-refractivity contribution in [2.45, 2.75) is 71.6 Å². The predicted octanol–water partition coefficient (Wildman–Crippen LogP) is 7.49. The largest absolute Gasteiger partial charge is 0.244 e. The van der Waals surface area contributed by atoms with E-state index in [1.165, 1.54) is 57.8 Å². The van der Waals surface area contributed by atoms with E-state index in [1.807, 2.05) is 0 Å². The molecule has 0 saturated carbocycles. The summed E-state index contributed by atoms with van der Waals surface area (Å²) in [6.07, 6.45) is 13.0. The lowest BCUT2D eigenvalue weighted by molar-refractivity contribution is 0.572. The Labute approximate surface area is 109 Å². The summed E-state index contributed by atoms with van der Waals surface area (Å²) in [5, 5.41) is 0. The second-order valence-corrected chi connectivity index (χ2v) is 3.47. The predicted molar refractivity (Wildman–Crippen MR) is 93.0 cm³/mol. The Morgan fingerprint density at radius 3 is 1.15 bits per heavy atom. The Hall–Kier alpha value is 0.415. The van der Waals surface area contributed by atoms with Gasteiger partial charge in [0.15, 0.2) is 7.12 Å². The van der Waals surface area contributed by atoms with Gasteiger partial charge in [0, 0.05) is 17.1 Å². The zero-order chi connectivity index (χ0) is 10.4. The van der Waals surface area contributed by atoms with Crippen LogP contribution in [0.2, 0.25) is 0 Å². The lowest BCUT2D eigenvalue weighted by atomic mass is 10.1. The van der Waals surface area contributed by atoms with Crippen LogP contribution >= 0.6 is 12.5 Å². The van der Waals surface area contributed by atoms with Crippen molar-refractivity contribution in [2.75, 3.05) is 0 Å². The van der Waals surface area contributed by atoms with Gasteiger partial charge in [-0.05, 0) is 0 Å². The van der Waals surface area contributed by atoms with Crippen molar-refractivity contribution in [3.05, 3.63) is 0 Å². The molecule has 0 atom stereocenters. The Kier molecular flexibility index (Phi) is 22.3. The SMILES string of the molecule is CCCCCCCCCCC.[B]S.[HH].[HH].[HH].[HH].[HH].[HH].[HH].[HH].[HH].[HH].[HH].[HH]. The minimum Gasteiger partial charge on any atom is -0.244 e. The molecule has 0 heterocycles. The van der Waals surface area contributed by atoms with Crippen molar-refractivity contribution in [2.24, 2.45) is 0 Å². The van der Waals surface area contributed by atoms with Crippen molar-refractivity contribution in [1.29, 1.82) is 0 Å². The second kappa shape index (κ2) is 18.2. The van der Waals surface area contributed by atoms with Crippen LogP contribution in [0.5, 0.6) is 0 Å². The average molecular weight is 224 g/mol. The van der Waals surface area contributed by atoms with Gasteiger partial charge in [0.2, 0.25) is 0 Å². The molecule has 0 unspecified atom stereocenters. The maximum Gasteiger partial charge on any atom is 0.156 e. The fourth-order valence-corrected chi connectivity index (χ4v) is 1.38. The molecule has 0 aromatic carbocycles. The molecule has 0 nitrogen and oxygen atoms in total. The van der Waals surface area contributed by atoms with E-state index in [0.717, 1.165) is 0 Å². The van der Waals surface area contributed by atoms with Crippen molar-refractivity contribution in [3.63, 3.8) is 0 Å². The van der Waals surface area contributed by atoms with Gasteiger partial charge in [0.1, 0.15) is 0 Å². The van der Waals surface area contributed by atoms with Gasteiger partial charge in [-0.3, -0.25) is 0 Å². The molecular weight excluding hydrogens is 175 g/mol. The van der Waals surface area contributed by atoms with E-state index in [4.69, 9.17) is 0 Å². The van der Waals surface area contributed by atoms with Crippen LogP contribution in [0.3, 0.4) is 0 Å². The molecule has 0 aromatic rings. The third kappa shape index (κ3) is 19.0. The van der Waals surface area contributed by atoms with E-state index in [-0.39, 0.29) is 17.1 Å². The van der Waals surface area contributed by atoms with Crippen LogP contribution in [0.1, 0.15) is 88.8 Å². The summed E-state index contributed by atoms with van der Waals surface area (Å²) >= 11 is 3.03. The first-order valence-corrected chi connectivity index (χ1v) is 6.19. The van der Waals surface area contributed by atoms with Gasteiger partial charge in [-0.1, -0.05) is 71.6 Å². The molecule has 2 heteroatoms. The zero-order valence-electron chi connectivity index (χ0n) is 9.39. The first-order chi connectivity index (χ1) is 6.41. The van der Waals surface area contributed by atoms with Gasteiger partial charge in [-0.25, -0.2) is 12.5 Å². The number of rotatable bonds is 8. The molecule has 2 radical (unpaired) electrons. The van der Waals surface area contributed by atoms with Crippen molar-refractivity contribution >= 4 is 19.6 Å². The van der Waals surface area contributed by atoms with Gasteiger partial charge < -0.3 is 0 Å². The van der Waals surface area contributed by atoms with Crippen LogP contribution in [0.4, 0.5) is 0 Å². The van der Waals surface area contributed by atoms with E-state index >= 15 is 0 Å². The highest BCUT2D eigenvalue weighted by Crippen LogP contribution is 2.08. The Morgan fingerprint density at radius 1 is 0.692 bits per heavy atom. The molecule has 0 saturated heterocycles. The molecule has 0 spiro atoms. The quantitative estimate of drug-likeness (QED) is 0.246.